The van der Waals surface area contributed by atoms with Crippen molar-refractivity contribution in [1.29, 1.82) is 0 Å². The van der Waals surface area contributed by atoms with Crippen molar-refractivity contribution in [3.63, 3.8) is 0 Å². The van der Waals surface area contributed by atoms with Crippen LogP contribution < -0.4 is 9.47 Å². The Balaban J connectivity index is 3.24. The molecule has 0 aromatic heterocycles. The molecule has 1 aromatic rings. The summed E-state index contributed by atoms with van der Waals surface area (Å²) in [5, 5.41) is 0. The van der Waals surface area contributed by atoms with E-state index < -0.39 is 18.2 Å². The van der Waals surface area contributed by atoms with Crippen molar-refractivity contribution in [3.8, 4) is 11.5 Å². The lowest BCUT2D eigenvalue weighted by atomic mass is 10.2. The average molecular weight is 375 g/mol. The first-order chi connectivity index (χ1) is 10.4. The molecule has 0 radical (unpaired) electrons. The Morgan fingerprint density at radius 2 is 1.59 bits per heavy atom. The molecule has 1 aromatic carbocycles. The third-order valence-corrected chi connectivity index (χ3v) is 3.03. The Kier molecular flexibility index (Phi) is 7.17. The fourth-order valence-corrected chi connectivity index (χ4v) is 2.31. The summed E-state index contributed by atoms with van der Waals surface area (Å²) in [6, 6.07) is 3.28. The summed E-state index contributed by atoms with van der Waals surface area (Å²) in [6.45, 7) is 7.08. The van der Waals surface area contributed by atoms with E-state index in [1.807, 2.05) is 13.8 Å². The molecule has 0 atom stereocenters. The molecule has 0 saturated heterocycles. The molecule has 0 amide bonds. The molecule has 122 valence electrons. The Labute approximate surface area is 137 Å². The van der Waals surface area contributed by atoms with Crippen molar-refractivity contribution < 1.29 is 28.5 Å². The highest BCUT2D eigenvalue weighted by atomic mass is 79.9. The van der Waals surface area contributed by atoms with E-state index in [9.17, 15) is 9.59 Å². The van der Waals surface area contributed by atoms with Gasteiger partial charge < -0.3 is 18.9 Å². The second kappa shape index (κ2) is 8.63. The fourth-order valence-electron chi connectivity index (χ4n) is 1.73. The molecule has 6 nitrogen and oxygen atoms in total. The molecular weight excluding hydrogens is 356 g/mol. The van der Waals surface area contributed by atoms with Crippen LogP contribution in [0.1, 0.15) is 39.5 Å². The summed E-state index contributed by atoms with van der Waals surface area (Å²) in [6.07, 6.45) is -1.14. The van der Waals surface area contributed by atoms with Crippen LogP contribution in [-0.2, 0) is 19.1 Å². The van der Waals surface area contributed by atoms with Crippen molar-refractivity contribution in [3.05, 3.63) is 22.2 Å². The van der Waals surface area contributed by atoms with Crippen molar-refractivity contribution >= 4 is 27.9 Å². The molecule has 0 bridgehead atoms. The number of carbonyl (C=O) groups is 2. The van der Waals surface area contributed by atoms with E-state index >= 15 is 0 Å². The minimum atomic E-state index is -1.14. The average Bonchev–Trinajstić information content (AvgIpc) is 2.40. The molecule has 0 N–H and O–H groups in total. The summed E-state index contributed by atoms with van der Waals surface area (Å²) in [4.78, 5) is 22.4. The minimum Gasteiger partial charge on any atom is -0.490 e. The topological polar surface area (TPSA) is 71.1 Å². The van der Waals surface area contributed by atoms with Gasteiger partial charge in [-0.3, -0.25) is 9.59 Å². The van der Waals surface area contributed by atoms with Gasteiger partial charge in [-0.15, -0.1) is 0 Å². The Bertz CT molecular complexity index is 527. The number of ether oxygens (including phenoxy) is 4. The van der Waals surface area contributed by atoms with Crippen LogP contribution in [0.25, 0.3) is 0 Å². The highest BCUT2D eigenvalue weighted by Gasteiger charge is 2.22. The smallest absolute Gasteiger partial charge is 0.305 e. The van der Waals surface area contributed by atoms with E-state index in [1.165, 1.54) is 13.8 Å². The molecular formula is C15H19BrO6. The molecule has 22 heavy (non-hydrogen) atoms. The van der Waals surface area contributed by atoms with Gasteiger partial charge in [-0.2, -0.15) is 0 Å². The van der Waals surface area contributed by atoms with Gasteiger partial charge in [0.1, 0.15) is 0 Å². The molecule has 0 aliphatic carbocycles. The second-order valence-electron chi connectivity index (χ2n) is 4.25. The van der Waals surface area contributed by atoms with Crippen LogP contribution in [0, 0.1) is 0 Å². The summed E-state index contributed by atoms with van der Waals surface area (Å²) < 4.78 is 21.7. The number of halogens is 1. The van der Waals surface area contributed by atoms with Crippen molar-refractivity contribution in [2.24, 2.45) is 0 Å². The van der Waals surface area contributed by atoms with Gasteiger partial charge in [-0.1, -0.05) is 0 Å². The summed E-state index contributed by atoms with van der Waals surface area (Å²) in [5.74, 6) is -0.112. The lowest BCUT2D eigenvalue weighted by molar-refractivity contribution is -0.186. The number of esters is 2. The number of rotatable bonds is 7. The largest absolute Gasteiger partial charge is 0.490 e. The first kappa shape index (κ1) is 18.3. The maximum absolute atomic E-state index is 11.2. The Morgan fingerprint density at radius 1 is 1.05 bits per heavy atom. The third-order valence-electron chi connectivity index (χ3n) is 2.44. The number of hydrogen-bond acceptors (Lipinski definition) is 6. The lowest BCUT2D eigenvalue weighted by Gasteiger charge is -2.20. The number of carbonyl (C=O) groups excluding carboxylic acids is 2. The van der Waals surface area contributed by atoms with Gasteiger partial charge in [0, 0.05) is 19.4 Å². The fraction of sp³-hybridized carbons (Fsp3) is 0.467. The van der Waals surface area contributed by atoms with Gasteiger partial charge in [-0.25, -0.2) is 0 Å². The van der Waals surface area contributed by atoms with Crippen LogP contribution in [-0.4, -0.2) is 25.2 Å². The molecule has 7 heteroatoms. The Hall–Kier alpha value is -1.76. The van der Waals surface area contributed by atoms with Crippen LogP contribution in [0.4, 0.5) is 0 Å². The van der Waals surface area contributed by atoms with Crippen LogP contribution in [0.2, 0.25) is 0 Å². The van der Waals surface area contributed by atoms with Crippen LogP contribution in [0.5, 0.6) is 11.5 Å². The van der Waals surface area contributed by atoms with Gasteiger partial charge in [0.2, 0.25) is 0 Å². The molecule has 0 unspecified atom stereocenters. The van der Waals surface area contributed by atoms with E-state index in [-0.39, 0.29) is 0 Å². The monoisotopic (exact) mass is 374 g/mol. The van der Waals surface area contributed by atoms with Crippen LogP contribution in [0.15, 0.2) is 16.6 Å². The van der Waals surface area contributed by atoms with Gasteiger partial charge in [0.05, 0.1) is 17.7 Å². The van der Waals surface area contributed by atoms with Crippen molar-refractivity contribution in [1.82, 2.24) is 0 Å². The van der Waals surface area contributed by atoms with E-state index in [0.29, 0.717) is 34.7 Å². The predicted octanol–water partition coefficient (Wildman–Crippen LogP) is 3.37. The zero-order valence-corrected chi connectivity index (χ0v) is 14.6. The first-order valence-corrected chi connectivity index (χ1v) is 7.61. The highest BCUT2D eigenvalue weighted by molar-refractivity contribution is 9.10. The van der Waals surface area contributed by atoms with Crippen molar-refractivity contribution in [2.75, 3.05) is 13.2 Å². The van der Waals surface area contributed by atoms with Crippen LogP contribution >= 0.6 is 15.9 Å². The maximum Gasteiger partial charge on any atom is 0.305 e. The zero-order chi connectivity index (χ0) is 16.7. The SMILES string of the molecule is CCOc1cc(C(OC(C)=O)OC(C)=O)cc(Br)c1OCC. The first-order valence-electron chi connectivity index (χ1n) is 6.82. The lowest BCUT2D eigenvalue weighted by Crippen LogP contribution is -2.15. The third kappa shape index (κ3) is 5.22. The van der Waals surface area contributed by atoms with Crippen molar-refractivity contribution in [2.45, 2.75) is 34.0 Å². The van der Waals surface area contributed by atoms with Gasteiger partial charge in [0.15, 0.2) is 11.5 Å². The number of benzene rings is 1. The molecule has 1 rings (SSSR count). The summed E-state index contributed by atoms with van der Waals surface area (Å²) in [5.41, 5.74) is 0.462. The molecule has 0 spiro atoms. The standard InChI is InChI=1S/C15H19BrO6/c1-5-19-13-8-11(7-12(16)14(13)20-6-2)15(21-9(3)17)22-10(4)18/h7-8,15H,5-6H2,1-4H3. The minimum absolute atomic E-state index is 0.432. The molecule has 0 heterocycles. The van der Waals surface area contributed by atoms with E-state index in [2.05, 4.69) is 15.9 Å². The molecule has 0 saturated carbocycles. The van der Waals surface area contributed by atoms with E-state index in [4.69, 9.17) is 18.9 Å². The van der Waals surface area contributed by atoms with E-state index in [1.54, 1.807) is 12.1 Å². The Morgan fingerprint density at radius 3 is 2.05 bits per heavy atom. The predicted molar refractivity (Wildman–Crippen MR) is 82.8 cm³/mol. The molecule has 0 aliphatic rings. The normalized spacial score (nSPS) is 10.3. The quantitative estimate of drug-likeness (QED) is 0.538. The second-order valence-corrected chi connectivity index (χ2v) is 5.10. The summed E-state index contributed by atoms with van der Waals surface area (Å²) >= 11 is 3.38. The van der Waals surface area contributed by atoms with Gasteiger partial charge >= 0.3 is 11.9 Å². The van der Waals surface area contributed by atoms with Gasteiger partial charge in [0.25, 0.3) is 6.29 Å². The van der Waals surface area contributed by atoms with Crippen LogP contribution in [0.3, 0.4) is 0 Å². The van der Waals surface area contributed by atoms with E-state index in [0.717, 1.165) is 0 Å². The van der Waals surface area contributed by atoms with Gasteiger partial charge in [-0.05, 0) is 41.9 Å². The number of hydrogen-bond donors (Lipinski definition) is 0. The zero-order valence-electron chi connectivity index (χ0n) is 13.0. The molecule has 0 fully saturated rings. The highest BCUT2D eigenvalue weighted by Crippen LogP contribution is 2.39. The molecule has 0 aliphatic heterocycles. The summed E-state index contributed by atoms with van der Waals surface area (Å²) in [7, 11) is 0. The maximum atomic E-state index is 11.2.